The van der Waals surface area contributed by atoms with Crippen molar-refractivity contribution >= 4 is 11.7 Å². The Hall–Kier alpha value is -1.76. The first-order chi connectivity index (χ1) is 20.2. The van der Waals surface area contributed by atoms with Gasteiger partial charge in [-0.2, -0.15) is 0 Å². The molecule has 0 saturated heterocycles. The van der Waals surface area contributed by atoms with E-state index in [1.807, 2.05) is 32.0 Å². The first kappa shape index (κ1) is 31.2. The molecule has 0 aromatic heterocycles. The van der Waals surface area contributed by atoms with E-state index in [1.54, 1.807) is 0 Å². The van der Waals surface area contributed by atoms with Gasteiger partial charge in [0.05, 0.1) is 19.3 Å². The third-order valence-corrected chi connectivity index (χ3v) is 14.4. The van der Waals surface area contributed by atoms with Crippen molar-refractivity contribution in [3.05, 3.63) is 35.9 Å². The van der Waals surface area contributed by atoms with Gasteiger partial charge in [0.2, 0.25) is 5.91 Å². The van der Waals surface area contributed by atoms with Gasteiger partial charge >= 0.3 is 0 Å². The van der Waals surface area contributed by atoms with Gasteiger partial charge < -0.3 is 20.1 Å². The van der Waals surface area contributed by atoms with Gasteiger partial charge in [-0.1, -0.05) is 65.0 Å². The Morgan fingerprint density at radius 1 is 1.05 bits per heavy atom. The van der Waals surface area contributed by atoms with Crippen LogP contribution in [-0.4, -0.2) is 60.6 Å². The molecule has 5 fully saturated rings. The SMILES string of the molecule is CC(C)C(=O)N[C@H]1CCC23C[C@]24C(=O)C[C@]2(C)[C@@H]([C@H](C)N(C)C)[C@H](O)C[C@@]2(C)[C@@H]4CC[C@H]3[C@]1(C)COCc1ccccc1. The molecule has 5 saturated carbocycles. The lowest BCUT2D eigenvalue weighted by molar-refractivity contribution is -0.175. The lowest BCUT2D eigenvalue weighted by atomic mass is 9.41. The number of aliphatic hydroxyl groups excluding tert-OH is 1. The Bertz CT molecular complexity index is 1250. The number of hydrogen-bond acceptors (Lipinski definition) is 5. The molecule has 2 spiro atoms. The molecule has 6 nitrogen and oxygen atoms in total. The van der Waals surface area contributed by atoms with Gasteiger partial charge in [-0.15, -0.1) is 0 Å². The minimum Gasteiger partial charge on any atom is -0.393 e. The maximum Gasteiger partial charge on any atom is 0.222 e. The van der Waals surface area contributed by atoms with E-state index in [1.165, 1.54) is 0 Å². The molecule has 6 heteroatoms. The van der Waals surface area contributed by atoms with Crippen molar-refractivity contribution in [1.82, 2.24) is 10.2 Å². The highest BCUT2D eigenvalue weighted by Gasteiger charge is 2.86. The fourth-order valence-corrected chi connectivity index (χ4v) is 11.9. The standard InChI is InChI=1S/C37H56N2O4/c1-23(2)32(42)38-29-16-17-36-21-37(36)28(15-14-27(36)33(29,4)22-43-20-25-12-10-9-11-13-25)34(5)18-26(40)31(24(3)39(7)8)35(34,6)19-30(37)41/h9-13,23-24,26-29,31,40H,14-22H2,1-8H3,(H,38,42)/t24-,26+,27-,28-,29-,31-,33-,34-,35+,36?,37-/m0/s1. The van der Waals surface area contributed by atoms with E-state index in [9.17, 15) is 14.7 Å². The third-order valence-electron chi connectivity index (χ3n) is 14.4. The Morgan fingerprint density at radius 3 is 2.37 bits per heavy atom. The zero-order valence-corrected chi connectivity index (χ0v) is 27.9. The number of nitrogens with zero attached hydrogens (tertiary/aromatic N) is 1. The van der Waals surface area contributed by atoms with Crippen molar-refractivity contribution in [3.8, 4) is 0 Å². The molecule has 1 aromatic carbocycles. The van der Waals surface area contributed by atoms with Crippen LogP contribution in [0.25, 0.3) is 0 Å². The fraction of sp³-hybridized carbons (Fsp3) is 0.784. The highest BCUT2D eigenvalue weighted by atomic mass is 16.5. The smallest absolute Gasteiger partial charge is 0.222 e. The zero-order valence-electron chi connectivity index (χ0n) is 27.9. The number of benzene rings is 1. The predicted molar refractivity (Wildman–Crippen MR) is 169 cm³/mol. The van der Waals surface area contributed by atoms with Crippen LogP contribution in [0.5, 0.6) is 0 Å². The Morgan fingerprint density at radius 2 is 1.72 bits per heavy atom. The van der Waals surface area contributed by atoms with E-state index >= 15 is 0 Å². The second-order valence-electron chi connectivity index (χ2n) is 16.7. The number of aliphatic hydroxyl groups is 1. The normalized spacial score (nSPS) is 45.7. The highest BCUT2D eigenvalue weighted by molar-refractivity contribution is 5.92. The van der Waals surface area contributed by atoms with E-state index in [0.717, 1.165) is 44.1 Å². The average molecular weight is 593 g/mol. The van der Waals surface area contributed by atoms with Gasteiger partial charge in [-0.3, -0.25) is 9.59 Å². The Balaban J connectivity index is 1.33. The van der Waals surface area contributed by atoms with Gasteiger partial charge in [0.1, 0.15) is 5.78 Å². The quantitative estimate of drug-likeness (QED) is 0.395. The van der Waals surface area contributed by atoms with Crippen molar-refractivity contribution in [1.29, 1.82) is 0 Å². The second kappa shape index (κ2) is 10.4. The van der Waals surface area contributed by atoms with Crippen molar-refractivity contribution < 1.29 is 19.4 Å². The van der Waals surface area contributed by atoms with Crippen molar-refractivity contribution in [2.45, 2.75) is 111 Å². The largest absolute Gasteiger partial charge is 0.393 e. The number of hydrogen-bond donors (Lipinski definition) is 2. The van der Waals surface area contributed by atoms with E-state index < -0.39 is 0 Å². The topological polar surface area (TPSA) is 78.9 Å². The molecule has 1 aromatic rings. The number of nitrogens with one attached hydrogen (secondary N) is 1. The van der Waals surface area contributed by atoms with Gasteiger partial charge in [0.25, 0.3) is 0 Å². The summed E-state index contributed by atoms with van der Waals surface area (Å²) >= 11 is 0. The third kappa shape index (κ3) is 4.21. The fourth-order valence-electron chi connectivity index (χ4n) is 11.9. The van der Waals surface area contributed by atoms with Gasteiger partial charge in [0.15, 0.2) is 0 Å². The highest BCUT2D eigenvalue weighted by Crippen LogP contribution is 2.88. The Labute approximate surface area is 259 Å². The Kier molecular flexibility index (Phi) is 7.54. The number of carbonyl (C=O) groups is 2. The first-order valence-electron chi connectivity index (χ1n) is 17.0. The van der Waals surface area contributed by atoms with Crippen LogP contribution in [0.4, 0.5) is 0 Å². The average Bonchev–Trinajstić information content (AvgIpc) is 3.59. The van der Waals surface area contributed by atoms with Crippen LogP contribution in [0.2, 0.25) is 0 Å². The molecule has 5 aliphatic rings. The molecular weight excluding hydrogens is 536 g/mol. The first-order valence-corrected chi connectivity index (χ1v) is 17.0. The van der Waals surface area contributed by atoms with Crippen LogP contribution < -0.4 is 5.32 Å². The summed E-state index contributed by atoms with van der Waals surface area (Å²) in [4.78, 5) is 30.0. The number of carbonyl (C=O) groups excluding carboxylic acids is 2. The zero-order chi connectivity index (χ0) is 31.2. The molecular formula is C37H56N2O4. The van der Waals surface area contributed by atoms with Crippen LogP contribution in [-0.2, 0) is 20.9 Å². The summed E-state index contributed by atoms with van der Waals surface area (Å²) in [6.45, 7) is 14.4. The number of ether oxygens (including phenoxy) is 1. The van der Waals surface area contributed by atoms with Crippen molar-refractivity contribution in [2.75, 3.05) is 20.7 Å². The molecule has 0 bridgehead atoms. The van der Waals surface area contributed by atoms with Crippen molar-refractivity contribution in [3.63, 3.8) is 0 Å². The number of fused-ring (bicyclic) bond motifs is 2. The summed E-state index contributed by atoms with van der Waals surface area (Å²) in [5.74, 6) is 1.19. The molecule has 1 amide bonds. The number of rotatable bonds is 8. The maximum absolute atomic E-state index is 14.7. The van der Waals surface area contributed by atoms with Gasteiger partial charge in [-0.25, -0.2) is 0 Å². The number of amides is 1. The molecule has 1 unspecified atom stereocenters. The van der Waals surface area contributed by atoms with Crippen LogP contribution in [0.15, 0.2) is 30.3 Å². The summed E-state index contributed by atoms with van der Waals surface area (Å²) in [5, 5.41) is 15.1. The van der Waals surface area contributed by atoms with Crippen LogP contribution in [0.3, 0.4) is 0 Å². The molecule has 6 rings (SSSR count). The van der Waals surface area contributed by atoms with Gasteiger partial charge in [-0.05, 0) is 93.2 Å². The van der Waals surface area contributed by atoms with E-state index in [-0.39, 0.29) is 63.0 Å². The summed E-state index contributed by atoms with van der Waals surface area (Å²) in [6.07, 6.45) is 5.89. The second-order valence-corrected chi connectivity index (χ2v) is 16.7. The minimum atomic E-state index is -0.388. The summed E-state index contributed by atoms with van der Waals surface area (Å²) < 4.78 is 6.52. The number of Topliss-reactive ketones (excluding diaryl/α,β-unsaturated/α-hetero) is 1. The molecule has 0 heterocycles. The summed E-state index contributed by atoms with van der Waals surface area (Å²) in [6, 6.07) is 10.6. The molecule has 5 aliphatic carbocycles. The lowest BCUT2D eigenvalue weighted by Crippen LogP contribution is -2.64. The minimum absolute atomic E-state index is 0.0289. The lowest BCUT2D eigenvalue weighted by Gasteiger charge is -2.63. The van der Waals surface area contributed by atoms with E-state index in [4.69, 9.17) is 4.74 Å². The molecule has 11 atom stereocenters. The molecule has 0 radical (unpaired) electrons. The van der Waals surface area contributed by atoms with Gasteiger partial charge in [0, 0.05) is 41.2 Å². The van der Waals surface area contributed by atoms with Crippen LogP contribution >= 0.6 is 0 Å². The maximum atomic E-state index is 14.7. The van der Waals surface area contributed by atoms with Crippen LogP contribution in [0.1, 0.15) is 92.1 Å². The van der Waals surface area contributed by atoms with Crippen molar-refractivity contribution in [2.24, 2.45) is 50.7 Å². The molecule has 43 heavy (non-hydrogen) atoms. The predicted octanol–water partition coefficient (Wildman–Crippen LogP) is 5.86. The molecule has 2 N–H and O–H groups in total. The monoisotopic (exact) mass is 592 g/mol. The summed E-state index contributed by atoms with van der Waals surface area (Å²) in [5.41, 5.74) is 0.273. The molecule has 238 valence electrons. The summed E-state index contributed by atoms with van der Waals surface area (Å²) in [7, 11) is 4.20. The molecule has 0 aliphatic heterocycles. The number of ketones is 1. The van der Waals surface area contributed by atoms with Crippen LogP contribution in [0, 0.1) is 50.7 Å². The van der Waals surface area contributed by atoms with E-state index in [0.29, 0.717) is 37.3 Å². The van der Waals surface area contributed by atoms with E-state index in [2.05, 4.69) is 64.1 Å².